The van der Waals surface area contributed by atoms with E-state index in [0.717, 1.165) is 0 Å². The van der Waals surface area contributed by atoms with E-state index in [9.17, 15) is 0 Å². The van der Waals surface area contributed by atoms with Crippen LogP contribution in [0.5, 0.6) is 0 Å². The first-order chi connectivity index (χ1) is 5.83. The molecule has 0 radical (unpaired) electrons. The molecule has 0 amide bonds. The second-order valence-electron chi connectivity index (χ2n) is 3.59. The zero-order chi connectivity index (χ0) is 8.55. The van der Waals surface area contributed by atoms with Crippen LogP contribution >= 0.6 is 0 Å². The van der Waals surface area contributed by atoms with E-state index in [0.29, 0.717) is 12.0 Å². The molecule has 0 heterocycles. The lowest BCUT2D eigenvalue weighted by atomic mass is 10.0. The second-order valence-corrected chi connectivity index (χ2v) is 3.59. The van der Waals surface area contributed by atoms with E-state index < -0.39 is 0 Å². The van der Waals surface area contributed by atoms with Crippen LogP contribution in [0.15, 0.2) is 24.3 Å². The number of hydrogen-bond donors (Lipinski definition) is 1. The first-order valence-corrected chi connectivity index (χ1v) is 4.58. The maximum Gasteiger partial charge on any atom is 0.0171 e. The highest BCUT2D eigenvalue weighted by Gasteiger charge is 2.26. The zero-order valence-electron chi connectivity index (χ0n) is 7.67. The molecule has 2 atom stereocenters. The number of nitrogens with one attached hydrogen (secondary N) is 1. The zero-order valence-corrected chi connectivity index (χ0v) is 7.67. The number of fused-ring (bicyclic) bond motifs is 1. The third kappa shape index (κ3) is 1.05. The van der Waals surface area contributed by atoms with Gasteiger partial charge in [-0.15, -0.1) is 0 Å². The third-order valence-electron chi connectivity index (χ3n) is 2.96. The molecule has 2 rings (SSSR count). The van der Waals surface area contributed by atoms with Gasteiger partial charge in [0.1, 0.15) is 0 Å². The fourth-order valence-electron chi connectivity index (χ4n) is 2.15. The number of likely N-dealkylation sites (N-methyl/N-ethyl adjacent to an activating group) is 1. The predicted molar refractivity (Wildman–Crippen MR) is 51.4 cm³/mol. The van der Waals surface area contributed by atoms with Crippen LogP contribution in [0.1, 0.15) is 24.0 Å². The SMILES string of the molecule is CNC1Cc2ccccc2C1C. The highest BCUT2D eigenvalue weighted by Crippen LogP contribution is 2.32. The fourth-order valence-corrected chi connectivity index (χ4v) is 2.15. The molecule has 0 fully saturated rings. The van der Waals surface area contributed by atoms with Gasteiger partial charge >= 0.3 is 0 Å². The first kappa shape index (κ1) is 7.81. The van der Waals surface area contributed by atoms with Crippen molar-refractivity contribution in [1.82, 2.24) is 5.32 Å². The van der Waals surface area contributed by atoms with Gasteiger partial charge in [0.15, 0.2) is 0 Å². The predicted octanol–water partition coefficient (Wildman–Crippen LogP) is 1.93. The van der Waals surface area contributed by atoms with Crippen molar-refractivity contribution in [2.45, 2.75) is 25.3 Å². The Morgan fingerprint density at radius 3 is 2.75 bits per heavy atom. The van der Waals surface area contributed by atoms with Crippen molar-refractivity contribution < 1.29 is 0 Å². The minimum atomic E-state index is 0.641. The summed E-state index contributed by atoms with van der Waals surface area (Å²) in [4.78, 5) is 0. The number of benzene rings is 1. The monoisotopic (exact) mass is 161 g/mol. The van der Waals surface area contributed by atoms with Crippen molar-refractivity contribution in [2.24, 2.45) is 0 Å². The van der Waals surface area contributed by atoms with E-state index in [1.165, 1.54) is 17.5 Å². The molecule has 0 aliphatic heterocycles. The van der Waals surface area contributed by atoms with Crippen LogP contribution in [0.2, 0.25) is 0 Å². The van der Waals surface area contributed by atoms with Gasteiger partial charge in [-0.05, 0) is 30.5 Å². The fraction of sp³-hybridized carbons (Fsp3) is 0.455. The van der Waals surface area contributed by atoms with Gasteiger partial charge in [-0.3, -0.25) is 0 Å². The topological polar surface area (TPSA) is 12.0 Å². The molecule has 64 valence electrons. The average Bonchev–Trinajstić information content (AvgIpc) is 2.44. The van der Waals surface area contributed by atoms with Gasteiger partial charge in [0, 0.05) is 6.04 Å². The summed E-state index contributed by atoms with van der Waals surface area (Å²) in [6.07, 6.45) is 1.19. The molecule has 1 aliphatic rings. The average molecular weight is 161 g/mol. The Bertz CT molecular complexity index is 280. The van der Waals surface area contributed by atoms with Crippen LogP contribution in [0.25, 0.3) is 0 Å². The van der Waals surface area contributed by atoms with Crippen LogP contribution in [0.3, 0.4) is 0 Å². The van der Waals surface area contributed by atoms with Gasteiger partial charge in [0.2, 0.25) is 0 Å². The quantitative estimate of drug-likeness (QED) is 0.663. The Labute approximate surface area is 73.8 Å². The lowest BCUT2D eigenvalue weighted by molar-refractivity contribution is 0.521. The van der Waals surface area contributed by atoms with E-state index in [-0.39, 0.29) is 0 Å². The van der Waals surface area contributed by atoms with Crippen LogP contribution in [-0.2, 0) is 6.42 Å². The first-order valence-electron chi connectivity index (χ1n) is 4.58. The highest BCUT2D eigenvalue weighted by atomic mass is 14.9. The van der Waals surface area contributed by atoms with Crippen molar-refractivity contribution >= 4 is 0 Å². The lowest BCUT2D eigenvalue weighted by Crippen LogP contribution is -2.27. The normalized spacial score (nSPS) is 27.2. The molecular formula is C11H15N. The molecule has 0 aromatic heterocycles. The van der Waals surface area contributed by atoms with Gasteiger partial charge in [0.25, 0.3) is 0 Å². The summed E-state index contributed by atoms with van der Waals surface area (Å²) in [7, 11) is 2.05. The smallest absolute Gasteiger partial charge is 0.0171 e. The molecule has 1 nitrogen and oxygen atoms in total. The standard InChI is InChI=1S/C11H15N/c1-8-10-6-4-3-5-9(10)7-11(8)12-2/h3-6,8,11-12H,7H2,1-2H3. The Hall–Kier alpha value is -0.820. The molecule has 1 aromatic carbocycles. The van der Waals surface area contributed by atoms with Gasteiger partial charge in [-0.1, -0.05) is 31.2 Å². The largest absolute Gasteiger partial charge is 0.316 e. The van der Waals surface area contributed by atoms with Crippen LogP contribution in [-0.4, -0.2) is 13.1 Å². The minimum Gasteiger partial charge on any atom is -0.316 e. The van der Waals surface area contributed by atoms with Crippen LogP contribution in [0.4, 0.5) is 0 Å². The molecule has 0 saturated heterocycles. The molecule has 0 spiro atoms. The van der Waals surface area contributed by atoms with Gasteiger partial charge in [0.05, 0.1) is 0 Å². The number of hydrogen-bond acceptors (Lipinski definition) is 1. The summed E-state index contributed by atoms with van der Waals surface area (Å²) < 4.78 is 0. The summed E-state index contributed by atoms with van der Waals surface area (Å²) >= 11 is 0. The highest BCUT2D eigenvalue weighted by molar-refractivity contribution is 5.36. The van der Waals surface area contributed by atoms with Crippen molar-refractivity contribution in [3.8, 4) is 0 Å². The Kier molecular flexibility index (Phi) is 1.89. The van der Waals surface area contributed by atoms with E-state index in [1.807, 2.05) is 7.05 Å². The Morgan fingerprint density at radius 1 is 1.33 bits per heavy atom. The Morgan fingerprint density at radius 2 is 2.08 bits per heavy atom. The second kappa shape index (κ2) is 2.91. The minimum absolute atomic E-state index is 0.641. The van der Waals surface area contributed by atoms with E-state index in [4.69, 9.17) is 0 Å². The van der Waals surface area contributed by atoms with E-state index in [2.05, 4.69) is 36.5 Å². The van der Waals surface area contributed by atoms with Crippen LogP contribution in [0, 0.1) is 0 Å². The molecule has 1 N–H and O–H groups in total. The number of rotatable bonds is 1. The van der Waals surface area contributed by atoms with Gasteiger partial charge in [-0.25, -0.2) is 0 Å². The van der Waals surface area contributed by atoms with E-state index >= 15 is 0 Å². The summed E-state index contributed by atoms with van der Waals surface area (Å²) in [5.41, 5.74) is 3.04. The van der Waals surface area contributed by atoms with Crippen molar-refractivity contribution in [3.05, 3.63) is 35.4 Å². The molecule has 12 heavy (non-hydrogen) atoms. The molecule has 0 saturated carbocycles. The lowest BCUT2D eigenvalue weighted by Gasteiger charge is -2.13. The summed E-state index contributed by atoms with van der Waals surface area (Å²) in [5.74, 6) is 0.672. The van der Waals surface area contributed by atoms with E-state index in [1.54, 1.807) is 0 Å². The molecule has 1 aliphatic carbocycles. The Balaban J connectivity index is 2.35. The van der Waals surface area contributed by atoms with Crippen molar-refractivity contribution in [1.29, 1.82) is 0 Å². The molecule has 2 unspecified atom stereocenters. The van der Waals surface area contributed by atoms with Crippen LogP contribution < -0.4 is 5.32 Å². The molecule has 1 heteroatoms. The molecule has 1 aromatic rings. The van der Waals surface area contributed by atoms with Gasteiger partial charge < -0.3 is 5.32 Å². The summed E-state index contributed by atoms with van der Waals surface area (Å²) in [6.45, 7) is 2.30. The third-order valence-corrected chi connectivity index (χ3v) is 2.96. The maximum absolute atomic E-state index is 3.36. The maximum atomic E-state index is 3.36. The van der Waals surface area contributed by atoms with Crippen molar-refractivity contribution in [2.75, 3.05) is 7.05 Å². The van der Waals surface area contributed by atoms with Crippen molar-refractivity contribution in [3.63, 3.8) is 0 Å². The summed E-state index contributed by atoms with van der Waals surface area (Å²) in [5, 5.41) is 3.36. The molecule has 0 bridgehead atoms. The molecular weight excluding hydrogens is 146 g/mol. The summed E-state index contributed by atoms with van der Waals surface area (Å²) in [6, 6.07) is 9.39. The van der Waals surface area contributed by atoms with Gasteiger partial charge in [-0.2, -0.15) is 0 Å².